The third-order valence-corrected chi connectivity index (χ3v) is 4.40. The summed E-state index contributed by atoms with van der Waals surface area (Å²) in [6.45, 7) is -0.704. The average molecular weight is 421 g/mol. The summed E-state index contributed by atoms with van der Waals surface area (Å²) >= 11 is 5.64. The van der Waals surface area contributed by atoms with Crippen LogP contribution in [0.1, 0.15) is 10.4 Å². The second-order valence-corrected chi connectivity index (χ2v) is 6.43. The van der Waals surface area contributed by atoms with Gasteiger partial charge in [-0.05, 0) is 24.3 Å². The second kappa shape index (κ2) is 7.80. The molecule has 3 rings (SSSR count). The first-order chi connectivity index (χ1) is 13.7. The van der Waals surface area contributed by atoms with Gasteiger partial charge in [0.05, 0.1) is 10.5 Å². The number of benzene rings is 2. The lowest BCUT2D eigenvalue weighted by Gasteiger charge is -2.13. The molecule has 10 heteroatoms. The van der Waals surface area contributed by atoms with Crippen LogP contribution in [0.5, 0.6) is 17.2 Å². The molecule has 0 saturated heterocycles. The van der Waals surface area contributed by atoms with Gasteiger partial charge in [0.2, 0.25) is 0 Å². The molecule has 3 N–H and O–H groups in total. The number of nitrogens with zero attached hydrogens (tertiary/aromatic N) is 1. The van der Waals surface area contributed by atoms with Gasteiger partial charge in [0.25, 0.3) is 11.5 Å². The topological polar surface area (TPSA) is 118 Å². The second-order valence-electron chi connectivity index (χ2n) is 6.02. The Balaban J connectivity index is 2.03. The van der Waals surface area contributed by atoms with Gasteiger partial charge in [0.1, 0.15) is 35.2 Å². The molecule has 0 unspecified atom stereocenters. The number of amides is 1. The minimum atomic E-state index is -1.30. The van der Waals surface area contributed by atoms with Crippen molar-refractivity contribution < 1.29 is 28.9 Å². The van der Waals surface area contributed by atoms with E-state index in [1.165, 1.54) is 37.4 Å². The molecule has 0 atom stereocenters. The van der Waals surface area contributed by atoms with Crippen molar-refractivity contribution in [2.45, 2.75) is 0 Å². The number of carboxylic acid groups (broad SMARTS) is 1. The highest BCUT2D eigenvalue weighted by atomic mass is 35.5. The Morgan fingerprint density at radius 3 is 2.52 bits per heavy atom. The van der Waals surface area contributed by atoms with Crippen molar-refractivity contribution in [2.75, 3.05) is 6.54 Å². The van der Waals surface area contributed by atoms with Crippen molar-refractivity contribution in [2.24, 2.45) is 7.05 Å². The maximum atomic E-state index is 13.6. The van der Waals surface area contributed by atoms with Gasteiger partial charge in [-0.2, -0.15) is 0 Å². The number of nitrogens with one attached hydrogen (secondary N) is 1. The molecule has 0 saturated carbocycles. The third kappa shape index (κ3) is 3.99. The number of carboxylic acids is 1. The predicted octanol–water partition coefficient (Wildman–Crippen LogP) is 2.64. The van der Waals surface area contributed by atoms with Gasteiger partial charge in [-0.3, -0.25) is 14.4 Å². The van der Waals surface area contributed by atoms with E-state index in [1.807, 2.05) is 5.32 Å². The first-order valence-electron chi connectivity index (χ1n) is 8.17. The number of rotatable bonds is 5. The molecule has 0 spiro atoms. The van der Waals surface area contributed by atoms with Crippen LogP contribution in [0.4, 0.5) is 4.39 Å². The highest BCUT2D eigenvalue weighted by Crippen LogP contribution is 2.31. The molecule has 1 heterocycles. The molecule has 2 aromatic carbocycles. The van der Waals surface area contributed by atoms with Crippen LogP contribution in [-0.2, 0) is 11.8 Å². The smallest absolute Gasteiger partial charge is 0.322 e. The van der Waals surface area contributed by atoms with Gasteiger partial charge < -0.3 is 24.8 Å². The number of carbonyl (C=O) groups is 2. The van der Waals surface area contributed by atoms with Gasteiger partial charge in [-0.1, -0.05) is 11.6 Å². The molecule has 3 aromatic rings. The van der Waals surface area contributed by atoms with Gasteiger partial charge in [-0.15, -0.1) is 0 Å². The standard InChI is InChI=1S/C19H14ClFN2O6/c1-23-14-7-10(29-9-3-5-12(20)13(21)6-9)2-4-11(14)17(26)16(19(23)28)18(27)22-8-15(24)25/h2-7,26H,8H2,1H3,(H,22,27)(H,24,25). The van der Waals surface area contributed by atoms with E-state index in [0.717, 1.165) is 10.6 Å². The molecule has 0 radical (unpaired) electrons. The lowest BCUT2D eigenvalue weighted by molar-refractivity contribution is -0.135. The number of hydrogen-bond acceptors (Lipinski definition) is 5. The van der Waals surface area contributed by atoms with E-state index in [4.69, 9.17) is 21.4 Å². The first-order valence-corrected chi connectivity index (χ1v) is 8.55. The monoisotopic (exact) mass is 420 g/mol. The maximum Gasteiger partial charge on any atom is 0.322 e. The summed E-state index contributed by atoms with van der Waals surface area (Å²) in [5.74, 6) is -3.14. The molecule has 0 fully saturated rings. The van der Waals surface area contributed by atoms with Crippen LogP contribution in [0, 0.1) is 5.82 Å². The average Bonchev–Trinajstić information content (AvgIpc) is 2.67. The summed E-state index contributed by atoms with van der Waals surface area (Å²) in [6, 6.07) is 8.19. The predicted molar refractivity (Wildman–Crippen MR) is 102 cm³/mol. The number of aromatic hydroxyl groups is 1. The van der Waals surface area contributed by atoms with E-state index >= 15 is 0 Å². The van der Waals surface area contributed by atoms with Crippen molar-refractivity contribution in [1.82, 2.24) is 9.88 Å². The SMILES string of the molecule is Cn1c(=O)c(C(=O)NCC(=O)O)c(O)c2ccc(Oc3ccc(Cl)c(F)c3)cc21. The highest BCUT2D eigenvalue weighted by molar-refractivity contribution is 6.30. The zero-order valence-corrected chi connectivity index (χ0v) is 15.7. The Morgan fingerprint density at radius 2 is 1.86 bits per heavy atom. The van der Waals surface area contributed by atoms with Crippen LogP contribution in [0.25, 0.3) is 10.9 Å². The Kier molecular flexibility index (Phi) is 5.42. The molecule has 29 heavy (non-hydrogen) atoms. The molecule has 150 valence electrons. The van der Waals surface area contributed by atoms with Crippen molar-refractivity contribution in [3.8, 4) is 17.2 Å². The quantitative estimate of drug-likeness (QED) is 0.584. The first kappa shape index (κ1) is 20.2. The number of fused-ring (bicyclic) bond motifs is 1. The van der Waals surface area contributed by atoms with Crippen LogP contribution in [-0.4, -0.2) is 33.2 Å². The van der Waals surface area contributed by atoms with Crippen molar-refractivity contribution >= 4 is 34.4 Å². The van der Waals surface area contributed by atoms with Crippen LogP contribution < -0.4 is 15.6 Å². The molecule has 0 aliphatic heterocycles. The Hall–Kier alpha value is -3.59. The maximum absolute atomic E-state index is 13.6. The van der Waals surface area contributed by atoms with E-state index in [9.17, 15) is 23.9 Å². The molecule has 0 bridgehead atoms. The van der Waals surface area contributed by atoms with Crippen molar-refractivity contribution in [3.63, 3.8) is 0 Å². The minimum absolute atomic E-state index is 0.0584. The largest absolute Gasteiger partial charge is 0.506 e. The highest BCUT2D eigenvalue weighted by Gasteiger charge is 2.22. The fraction of sp³-hybridized carbons (Fsp3) is 0.105. The van der Waals surface area contributed by atoms with Gasteiger partial charge >= 0.3 is 5.97 Å². The Bertz CT molecular complexity index is 1210. The molecule has 0 aliphatic carbocycles. The summed E-state index contributed by atoms with van der Waals surface area (Å²) in [4.78, 5) is 35.3. The zero-order chi connectivity index (χ0) is 21.3. The van der Waals surface area contributed by atoms with E-state index in [2.05, 4.69) is 0 Å². The number of halogens is 2. The molecule has 1 amide bonds. The minimum Gasteiger partial charge on any atom is -0.506 e. The summed E-state index contributed by atoms with van der Waals surface area (Å²) in [5, 5.41) is 21.2. The number of aryl methyl sites for hydroxylation is 1. The number of ether oxygens (including phenoxy) is 1. The molecular weight excluding hydrogens is 407 g/mol. The summed E-state index contributed by atoms with van der Waals surface area (Å²) in [7, 11) is 1.38. The number of pyridine rings is 1. The molecule has 0 aliphatic rings. The third-order valence-electron chi connectivity index (χ3n) is 4.09. The van der Waals surface area contributed by atoms with Crippen LogP contribution in [0.3, 0.4) is 0 Å². The fourth-order valence-electron chi connectivity index (χ4n) is 2.69. The normalized spacial score (nSPS) is 10.7. The van der Waals surface area contributed by atoms with E-state index in [-0.39, 0.29) is 27.4 Å². The lowest BCUT2D eigenvalue weighted by atomic mass is 10.1. The number of carbonyl (C=O) groups excluding carboxylic acids is 1. The van der Waals surface area contributed by atoms with Gasteiger partial charge in [0, 0.05) is 24.6 Å². The van der Waals surface area contributed by atoms with Gasteiger partial charge in [-0.25, -0.2) is 4.39 Å². The number of aromatic nitrogens is 1. The summed E-state index contributed by atoms with van der Waals surface area (Å²) in [5.41, 5.74) is -1.16. The van der Waals surface area contributed by atoms with Crippen LogP contribution >= 0.6 is 11.6 Å². The van der Waals surface area contributed by atoms with E-state index in [1.54, 1.807) is 0 Å². The van der Waals surface area contributed by atoms with E-state index < -0.39 is 41.1 Å². The van der Waals surface area contributed by atoms with Crippen LogP contribution in [0.2, 0.25) is 5.02 Å². The Morgan fingerprint density at radius 1 is 1.21 bits per heavy atom. The van der Waals surface area contributed by atoms with Crippen LogP contribution in [0.15, 0.2) is 41.2 Å². The molecule has 8 nitrogen and oxygen atoms in total. The Labute approximate surface area is 167 Å². The summed E-state index contributed by atoms with van der Waals surface area (Å²) < 4.78 is 20.2. The number of hydrogen-bond donors (Lipinski definition) is 3. The van der Waals surface area contributed by atoms with E-state index in [0.29, 0.717) is 0 Å². The van der Waals surface area contributed by atoms with Crippen molar-refractivity contribution in [3.05, 3.63) is 63.2 Å². The molecule has 1 aromatic heterocycles. The zero-order valence-electron chi connectivity index (χ0n) is 14.9. The van der Waals surface area contributed by atoms with Crippen molar-refractivity contribution in [1.29, 1.82) is 0 Å². The summed E-state index contributed by atoms with van der Waals surface area (Å²) in [6.07, 6.45) is 0. The lowest BCUT2D eigenvalue weighted by Crippen LogP contribution is -2.35. The number of aliphatic carboxylic acids is 1. The van der Waals surface area contributed by atoms with Gasteiger partial charge in [0.15, 0.2) is 0 Å². The fourth-order valence-corrected chi connectivity index (χ4v) is 2.81. The molecular formula is C19H14ClFN2O6.